The molecule has 0 radical (unpaired) electrons. The molecule has 0 spiro atoms. The van der Waals surface area contributed by atoms with E-state index in [2.05, 4.69) is 9.97 Å². The highest BCUT2D eigenvalue weighted by Gasteiger charge is 2.42. The Morgan fingerprint density at radius 3 is 2.02 bits per heavy atom. The highest BCUT2D eigenvalue weighted by atomic mass is 35.5. The molecule has 12 heteroatoms. The van der Waals surface area contributed by atoms with E-state index in [-0.39, 0.29) is 23.8 Å². The van der Waals surface area contributed by atoms with Gasteiger partial charge in [0.2, 0.25) is 10.0 Å². The van der Waals surface area contributed by atoms with Crippen LogP contribution >= 0.6 is 11.6 Å². The lowest BCUT2D eigenvalue weighted by Gasteiger charge is -2.37. The minimum atomic E-state index is -4.07. The van der Waals surface area contributed by atoms with E-state index in [1.54, 1.807) is 71.9 Å². The zero-order chi connectivity index (χ0) is 34.6. The Kier molecular flexibility index (Phi) is 10.7. The molecule has 0 aliphatic rings. The van der Waals surface area contributed by atoms with Crippen molar-refractivity contribution in [2.75, 3.05) is 4.90 Å². The van der Waals surface area contributed by atoms with Crippen LogP contribution in [-0.2, 0) is 32.6 Å². The lowest BCUT2D eigenvalue weighted by Crippen LogP contribution is -2.54. The number of benzene rings is 2. The maximum Gasteiger partial charge on any atom is 0.416 e. The second-order valence-electron chi connectivity index (χ2n) is 13.1. The van der Waals surface area contributed by atoms with Crippen molar-refractivity contribution in [3.05, 3.63) is 108 Å². The van der Waals surface area contributed by atoms with Crippen molar-refractivity contribution in [2.24, 2.45) is 5.41 Å². The van der Waals surface area contributed by atoms with Gasteiger partial charge in [-0.3, -0.25) is 4.98 Å². The van der Waals surface area contributed by atoms with Gasteiger partial charge >= 0.3 is 12.1 Å². The van der Waals surface area contributed by atoms with Gasteiger partial charge in [-0.25, -0.2) is 27.9 Å². The molecule has 248 valence electrons. The predicted molar refractivity (Wildman–Crippen MR) is 181 cm³/mol. The third kappa shape index (κ3) is 9.15. The van der Waals surface area contributed by atoms with Crippen LogP contribution in [0.4, 0.5) is 10.6 Å². The van der Waals surface area contributed by atoms with E-state index in [0.29, 0.717) is 10.7 Å². The third-order valence-electron chi connectivity index (χ3n) is 7.04. The molecule has 0 saturated heterocycles. The highest BCUT2D eigenvalue weighted by molar-refractivity contribution is 7.89. The van der Waals surface area contributed by atoms with Crippen LogP contribution in [0.2, 0.25) is 5.02 Å². The van der Waals surface area contributed by atoms with Crippen molar-refractivity contribution in [1.29, 1.82) is 0 Å². The van der Waals surface area contributed by atoms with E-state index in [9.17, 15) is 23.1 Å². The van der Waals surface area contributed by atoms with Crippen LogP contribution in [0.5, 0.6) is 0 Å². The molecule has 4 rings (SSSR count). The summed E-state index contributed by atoms with van der Waals surface area (Å²) < 4.78 is 34.8. The summed E-state index contributed by atoms with van der Waals surface area (Å²) in [5.74, 6) is -1.22. The van der Waals surface area contributed by atoms with Crippen LogP contribution in [0.1, 0.15) is 52.8 Å². The molecule has 4 aromatic rings. The highest BCUT2D eigenvalue weighted by Crippen LogP contribution is 2.31. The standard InChI is InChI=1S/C35H39ClN4O6S/c1-34(2,3)31(32(41)42)40(33(43)46-35(4,5)6)30-11-7-9-28(38-30)23-39(47(44,45)29-10-8-20-37-21-29)22-24-12-14-25(15-13-24)26-16-18-27(36)19-17-26/h7-21,31H,22-23H2,1-6H3,(H,41,42). The number of anilines is 1. The number of rotatable bonds is 10. The second kappa shape index (κ2) is 14.2. The number of amides is 1. The van der Waals surface area contributed by atoms with Gasteiger partial charge in [-0.15, -0.1) is 0 Å². The Morgan fingerprint density at radius 1 is 0.872 bits per heavy atom. The van der Waals surface area contributed by atoms with Gasteiger partial charge in [-0.05, 0) is 79.3 Å². The first-order valence-corrected chi connectivity index (χ1v) is 16.7. The van der Waals surface area contributed by atoms with Crippen LogP contribution in [0.3, 0.4) is 0 Å². The van der Waals surface area contributed by atoms with E-state index < -0.39 is 39.1 Å². The minimum Gasteiger partial charge on any atom is -0.480 e. The number of hydrogen-bond donors (Lipinski definition) is 1. The monoisotopic (exact) mass is 678 g/mol. The number of aliphatic carboxylic acids is 1. The second-order valence-corrected chi connectivity index (χ2v) is 15.5. The van der Waals surface area contributed by atoms with E-state index >= 15 is 0 Å². The number of aromatic nitrogens is 2. The smallest absolute Gasteiger partial charge is 0.416 e. The molecule has 1 atom stereocenters. The summed E-state index contributed by atoms with van der Waals surface area (Å²) in [6.45, 7) is 9.97. The number of halogens is 1. The summed E-state index contributed by atoms with van der Waals surface area (Å²) in [6, 6.07) is 21.3. The number of hydrogen-bond acceptors (Lipinski definition) is 7. The first-order valence-electron chi connectivity index (χ1n) is 14.9. The number of carbonyl (C=O) groups excluding carboxylic acids is 1. The van der Waals surface area contributed by atoms with Crippen molar-refractivity contribution in [1.82, 2.24) is 14.3 Å². The van der Waals surface area contributed by atoms with Gasteiger partial charge in [0, 0.05) is 24.0 Å². The lowest BCUT2D eigenvalue weighted by molar-refractivity contribution is -0.141. The quantitative estimate of drug-likeness (QED) is 0.183. The molecular weight excluding hydrogens is 640 g/mol. The normalized spacial score (nSPS) is 12.9. The van der Waals surface area contributed by atoms with Crippen LogP contribution in [-0.4, -0.2) is 51.5 Å². The van der Waals surface area contributed by atoms with E-state index in [1.165, 1.54) is 28.8 Å². The maximum absolute atomic E-state index is 14.0. The Morgan fingerprint density at radius 2 is 1.49 bits per heavy atom. The first kappa shape index (κ1) is 35.5. The number of pyridine rings is 2. The minimum absolute atomic E-state index is 0.000441. The van der Waals surface area contributed by atoms with Gasteiger partial charge in [0.15, 0.2) is 0 Å². The van der Waals surface area contributed by atoms with Crippen molar-refractivity contribution < 1.29 is 27.9 Å². The molecule has 1 unspecified atom stereocenters. The fraction of sp³-hybridized carbons (Fsp3) is 0.314. The molecule has 2 aromatic carbocycles. The predicted octanol–water partition coefficient (Wildman–Crippen LogP) is 7.43. The number of carboxylic acids is 1. The number of carbonyl (C=O) groups is 2. The number of sulfonamides is 1. The molecule has 47 heavy (non-hydrogen) atoms. The lowest BCUT2D eigenvalue weighted by atomic mass is 9.85. The molecule has 0 bridgehead atoms. The zero-order valence-corrected chi connectivity index (χ0v) is 28.8. The van der Waals surface area contributed by atoms with Crippen molar-refractivity contribution >= 4 is 39.5 Å². The number of ether oxygens (including phenoxy) is 1. The molecular formula is C35H39ClN4O6S. The molecule has 1 N–H and O–H groups in total. The molecule has 2 heterocycles. The molecule has 0 saturated carbocycles. The van der Waals surface area contributed by atoms with E-state index in [4.69, 9.17) is 16.3 Å². The summed E-state index contributed by atoms with van der Waals surface area (Å²) in [5.41, 5.74) is 1.10. The van der Waals surface area contributed by atoms with Crippen molar-refractivity contribution in [2.45, 2.75) is 71.2 Å². The van der Waals surface area contributed by atoms with Crippen LogP contribution in [0.15, 0.2) is 96.2 Å². The van der Waals surface area contributed by atoms with Gasteiger partial charge in [0.25, 0.3) is 0 Å². The van der Waals surface area contributed by atoms with E-state index in [0.717, 1.165) is 21.6 Å². The fourth-order valence-electron chi connectivity index (χ4n) is 4.90. The van der Waals surface area contributed by atoms with Gasteiger partial charge < -0.3 is 9.84 Å². The molecule has 0 aliphatic carbocycles. The summed E-state index contributed by atoms with van der Waals surface area (Å²) >= 11 is 6.03. The molecule has 10 nitrogen and oxygen atoms in total. The topological polar surface area (TPSA) is 130 Å². The van der Waals surface area contributed by atoms with Gasteiger partial charge in [-0.1, -0.05) is 74.8 Å². The third-order valence-corrected chi connectivity index (χ3v) is 9.07. The summed E-state index contributed by atoms with van der Waals surface area (Å²) in [4.78, 5) is 35.7. The van der Waals surface area contributed by atoms with E-state index in [1.807, 2.05) is 36.4 Å². The Balaban J connectivity index is 1.73. The Hall–Kier alpha value is -4.32. The Labute approximate surface area is 281 Å². The summed E-state index contributed by atoms with van der Waals surface area (Å²) in [6.07, 6.45) is 1.88. The zero-order valence-electron chi connectivity index (χ0n) is 27.2. The van der Waals surface area contributed by atoms with Crippen molar-refractivity contribution in [3.63, 3.8) is 0 Å². The summed E-state index contributed by atoms with van der Waals surface area (Å²) in [5, 5.41) is 10.9. The van der Waals surface area contributed by atoms with Crippen LogP contribution in [0, 0.1) is 5.41 Å². The largest absolute Gasteiger partial charge is 0.480 e. The van der Waals surface area contributed by atoms with Gasteiger partial charge in [0.1, 0.15) is 22.4 Å². The molecule has 2 aromatic heterocycles. The number of carboxylic acid groups (broad SMARTS) is 1. The average molecular weight is 679 g/mol. The number of nitrogens with zero attached hydrogens (tertiary/aromatic N) is 4. The van der Waals surface area contributed by atoms with Crippen LogP contribution < -0.4 is 4.90 Å². The van der Waals surface area contributed by atoms with Gasteiger partial charge in [-0.2, -0.15) is 4.31 Å². The SMILES string of the molecule is CC(C)(C)OC(=O)N(c1cccc(CN(Cc2ccc(-c3ccc(Cl)cc3)cc2)S(=O)(=O)c2cccnc2)n1)C(C(=O)O)C(C)(C)C. The average Bonchev–Trinajstić information content (AvgIpc) is 2.99. The summed E-state index contributed by atoms with van der Waals surface area (Å²) in [7, 11) is -4.07. The fourth-order valence-corrected chi connectivity index (χ4v) is 6.39. The first-order chi connectivity index (χ1) is 22.0. The molecule has 0 aliphatic heterocycles. The van der Waals surface area contributed by atoms with Crippen LogP contribution in [0.25, 0.3) is 11.1 Å². The van der Waals surface area contributed by atoms with Crippen molar-refractivity contribution in [3.8, 4) is 11.1 Å². The maximum atomic E-state index is 14.0. The molecule has 0 fully saturated rings. The molecule has 1 amide bonds. The Bertz CT molecular complexity index is 1800. The van der Waals surface area contributed by atoms with Gasteiger partial charge in [0.05, 0.1) is 12.2 Å².